The zero-order chi connectivity index (χ0) is 13.3. The Balaban J connectivity index is 2.42. The highest BCUT2D eigenvalue weighted by atomic mass is 35.5. The number of hydrogen-bond acceptors (Lipinski definition) is 3. The molecule has 0 fully saturated rings. The van der Waals surface area contributed by atoms with E-state index >= 15 is 0 Å². The maximum atomic E-state index is 12.2. The summed E-state index contributed by atoms with van der Waals surface area (Å²) in [7, 11) is 0. The van der Waals surface area contributed by atoms with Gasteiger partial charge in [-0.25, -0.2) is 9.67 Å². The molecule has 1 aromatic heterocycles. The Labute approximate surface area is 122 Å². The van der Waals surface area contributed by atoms with Crippen molar-refractivity contribution in [3.8, 4) is 0 Å². The molecule has 0 aliphatic heterocycles. The molecule has 0 amide bonds. The number of rotatable bonds is 3. The molecule has 18 heavy (non-hydrogen) atoms. The van der Waals surface area contributed by atoms with Gasteiger partial charge in [0.25, 0.3) is 4.46 Å². The van der Waals surface area contributed by atoms with Gasteiger partial charge in [0.2, 0.25) is 5.78 Å². The highest BCUT2D eigenvalue weighted by molar-refractivity contribution is 6.57. The van der Waals surface area contributed by atoms with E-state index in [0.717, 1.165) is 4.68 Å². The number of Topliss-reactive ketones (excluding diaryl/α,β-unsaturated/α-hetero) is 1. The molecular formula is C10H5Cl4N3O. The maximum absolute atomic E-state index is 12.2. The van der Waals surface area contributed by atoms with E-state index in [1.807, 2.05) is 0 Å². The van der Waals surface area contributed by atoms with Crippen LogP contribution in [0.5, 0.6) is 0 Å². The number of aromatic nitrogens is 3. The van der Waals surface area contributed by atoms with E-state index in [2.05, 4.69) is 10.1 Å². The predicted molar refractivity (Wildman–Crippen MR) is 70.5 cm³/mol. The Morgan fingerprint density at radius 1 is 1.28 bits per heavy atom. The minimum Gasteiger partial charge on any atom is -0.288 e. The van der Waals surface area contributed by atoms with Crippen LogP contribution in [0, 0.1) is 0 Å². The predicted octanol–water partition coefficient (Wildman–Crippen LogP) is 3.56. The third kappa shape index (κ3) is 2.47. The normalized spacial score (nSPS) is 11.6. The number of carbonyl (C=O) groups excluding carboxylic acids is 1. The summed E-state index contributed by atoms with van der Waals surface area (Å²) in [6, 6.07) is 4.40. The average Bonchev–Trinajstić information content (AvgIpc) is 2.82. The van der Waals surface area contributed by atoms with Gasteiger partial charge in [-0.15, -0.1) is 0 Å². The van der Waals surface area contributed by atoms with Crippen molar-refractivity contribution in [1.82, 2.24) is 14.8 Å². The van der Waals surface area contributed by atoms with Gasteiger partial charge in [0.1, 0.15) is 12.7 Å². The lowest BCUT2D eigenvalue weighted by molar-refractivity contribution is 0.0937. The maximum Gasteiger partial charge on any atom is 0.274 e. The van der Waals surface area contributed by atoms with E-state index in [-0.39, 0.29) is 10.6 Å². The van der Waals surface area contributed by atoms with E-state index in [9.17, 15) is 4.79 Å². The molecule has 0 aliphatic carbocycles. The van der Waals surface area contributed by atoms with Crippen LogP contribution in [0.4, 0.5) is 0 Å². The molecule has 0 atom stereocenters. The molecule has 0 spiro atoms. The number of nitrogens with zero attached hydrogens (tertiary/aromatic N) is 3. The second-order valence-corrected chi connectivity index (χ2v) is 5.47. The van der Waals surface area contributed by atoms with E-state index in [1.165, 1.54) is 30.9 Å². The standard InChI is InChI=1S/C10H5Cl4N3O/c11-6-1-2-7(8(12)3-6)9(18)10(13,14)17-5-15-4-16-17/h1-5H. The number of carbonyl (C=O) groups is 1. The molecule has 0 aliphatic rings. The van der Waals surface area contributed by atoms with Gasteiger partial charge in [0.05, 0.1) is 5.02 Å². The van der Waals surface area contributed by atoms with Crippen molar-refractivity contribution in [3.05, 3.63) is 46.5 Å². The van der Waals surface area contributed by atoms with Crippen molar-refractivity contribution in [2.45, 2.75) is 4.46 Å². The van der Waals surface area contributed by atoms with E-state index in [1.54, 1.807) is 0 Å². The third-order valence-electron chi connectivity index (χ3n) is 2.16. The molecule has 0 saturated carbocycles. The molecule has 94 valence electrons. The molecule has 2 rings (SSSR count). The summed E-state index contributed by atoms with van der Waals surface area (Å²) in [4.78, 5) is 15.9. The first kappa shape index (κ1) is 13.6. The number of hydrogen-bond donors (Lipinski definition) is 0. The fraction of sp³-hybridized carbons (Fsp3) is 0.100. The number of benzene rings is 1. The highest BCUT2D eigenvalue weighted by Crippen LogP contribution is 2.33. The molecule has 1 aromatic carbocycles. The van der Waals surface area contributed by atoms with Crippen LogP contribution in [-0.4, -0.2) is 20.5 Å². The molecular weight excluding hydrogens is 320 g/mol. The van der Waals surface area contributed by atoms with Gasteiger partial charge in [-0.3, -0.25) is 4.79 Å². The lowest BCUT2D eigenvalue weighted by atomic mass is 10.1. The zero-order valence-electron chi connectivity index (χ0n) is 8.65. The summed E-state index contributed by atoms with van der Waals surface area (Å²) in [5, 5.41) is 4.31. The zero-order valence-corrected chi connectivity index (χ0v) is 11.7. The molecule has 0 unspecified atom stereocenters. The molecule has 8 heteroatoms. The first-order valence-corrected chi connectivity index (χ1v) is 6.17. The van der Waals surface area contributed by atoms with Gasteiger partial charge in [0, 0.05) is 10.6 Å². The average molecular weight is 325 g/mol. The minimum absolute atomic E-state index is 0.154. The Hall–Kier alpha value is -0.810. The van der Waals surface area contributed by atoms with Crippen LogP contribution in [-0.2, 0) is 4.46 Å². The van der Waals surface area contributed by atoms with Crippen LogP contribution in [0.2, 0.25) is 10.0 Å². The second-order valence-electron chi connectivity index (χ2n) is 3.33. The highest BCUT2D eigenvalue weighted by Gasteiger charge is 2.38. The Bertz CT molecular complexity index is 583. The summed E-state index contributed by atoms with van der Waals surface area (Å²) in [6.07, 6.45) is 2.46. The van der Waals surface area contributed by atoms with Gasteiger partial charge in [-0.05, 0) is 18.2 Å². The van der Waals surface area contributed by atoms with Crippen LogP contribution in [0.1, 0.15) is 10.4 Å². The van der Waals surface area contributed by atoms with Crippen molar-refractivity contribution in [1.29, 1.82) is 0 Å². The topological polar surface area (TPSA) is 47.8 Å². The quantitative estimate of drug-likeness (QED) is 0.640. The molecule has 4 nitrogen and oxygen atoms in total. The third-order valence-corrected chi connectivity index (χ3v) is 3.39. The van der Waals surface area contributed by atoms with Crippen LogP contribution in [0.15, 0.2) is 30.9 Å². The van der Waals surface area contributed by atoms with Crippen LogP contribution < -0.4 is 0 Å². The molecule has 0 radical (unpaired) electrons. The summed E-state index contributed by atoms with van der Waals surface area (Å²) < 4.78 is -0.878. The van der Waals surface area contributed by atoms with Crippen LogP contribution in [0.25, 0.3) is 0 Å². The minimum atomic E-state index is -1.91. The van der Waals surface area contributed by atoms with Crippen LogP contribution in [0.3, 0.4) is 0 Å². The lowest BCUT2D eigenvalue weighted by Gasteiger charge is -2.18. The lowest BCUT2D eigenvalue weighted by Crippen LogP contribution is -2.31. The summed E-state index contributed by atoms with van der Waals surface area (Å²) in [5.74, 6) is -0.613. The van der Waals surface area contributed by atoms with Gasteiger partial charge in [-0.2, -0.15) is 5.10 Å². The largest absolute Gasteiger partial charge is 0.288 e. The van der Waals surface area contributed by atoms with Gasteiger partial charge >= 0.3 is 0 Å². The number of halogens is 4. The fourth-order valence-electron chi connectivity index (χ4n) is 1.29. The number of alkyl halides is 2. The fourth-order valence-corrected chi connectivity index (χ4v) is 2.17. The Kier molecular flexibility index (Phi) is 3.82. The first-order chi connectivity index (χ1) is 8.43. The van der Waals surface area contributed by atoms with Gasteiger partial charge in [-0.1, -0.05) is 46.4 Å². The second kappa shape index (κ2) is 5.05. The number of ketones is 1. The monoisotopic (exact) mass is 323 g/mol. The van der Waals surface area contributed by atoms with Gasteiger partial charge < -0.3 is 0 Å². The molecule has 0 N–H and O–H groups in total. The van der Waals surface area contributed by atoms with E-state index in [0.29, 0.717) is 5.02 Å². The van der Waals surface area contributed by atoms with Crippen molar-refractivity contribution in [2.75, 3.05) is 0 Å². The summed E-state index contributed by atoms with van der Waals surface area (Å²) in [5.41, 5.74) is 0.154. The van der Waals surface area contributed by atoms with Crippen LogP contribution >= 0.6 is 46.4 Å². The molecule has 1 heterocycles. The van der Waals surface area contributed by atoms with Gasteiger partial charge in [0.15, 0.2) is 0 Å². The first-order valence-electron chi connectivity index (χ1n) is 4.65. The van der Waals surface area contributed by atoms with E-state index in [4.69, 9.17) is 46.4 Å². The Morgan fingerprint density at radius 3 is 2.56 bits per heavy atom. The molecule has 0 saturated heterocycles. The summed E-state index contributed by atoms with van der Waals surface area (Å²) in [6.45, 7) is 0. The SMILES string of the molecule is O=C(c1ccc(Cl)cc1Cl)C(Cl)(Cl)n1cncn1. The Morgan fingerprint density at radius 2 is 2.00 bits per heavy atom. The van der Waals surface area contributed by atoms with Crippen molar-refractivity contribution in [2.24, 2.45) is 0 Å². The van der Waals surface area contributed by atoms with E-state index < -0.39 is 10.2 Å². The van der Waals surface area contributed by atoms with Crippen molar-refractivity contribution in [3.63, 3.8) is 0 Å². The van der Waals surface area contributed by atoms with Crippen molar-refractivity contribution >= 4 is 52.2 Å². The molecule has 0 bridgehead atoms. The summed E-state index contributed by atoms with van der Waals surface area (Å²) >= 11 is 23.6. The van der Waals surface area contributed by atoms with Crippen molar-refractivity contribution < 1.29 is 4.79 Å². The molecule has 2 aromatic rings. The smallest absolute Gasteiger partial charge is 0.274 e.